The summed E-state index contributed by atoms with van der Waals surface area (Å²) in [5.74, 6) is 0.930. The van der Waals surface area contributed by atoms with E-state index in [9.17, 15) is 0 Å². The molecule has 0 bridgehead atoms. The molecule has 96 valence electrons. The van der Waals surface area contributed by atoms with Gasteiger partial charge in [0.2, 0.25) is 0 Å². The molecule has 0 heterocycles. The third-order valence-corrected chi connectivity index (χ3v) is 2.41. The molecule has 17 heavy (non-hydrogen) atoms. The third kappa shape index (κ3) is 6.97. The van der Waals surface area contributed by atoms with E-state index >= 15 is 0 Å². The highest BCUT2D eigenvalue weighted by Crippen LogP contribution is 2.07. The first kappa shape index (κ1) is 14.0. The van der Waals surface area contributed by atoms with E-state index in [0.717, 1.165) is 25.4 Å². The molecular formula is C14H23NO2. The van der Waals surface area contributed by atoms with Gasteiger partial charge in [-0.05, 0) is 33.0 Å². The fraction of sp³-hybridized carbons (Fsp3) is 0.571. The van der Waals surface area contributed by atoms with Crippen molar-refractivity contribution in [1.29, 1.82) is 0 Å². The zero-order valence-corrected chi connectivity index (χ0v) is 11.1. The van der Waals surface area contributed by atoms with E-state index in [2.05, 4.69) is 25.8 Å². The molecule has 0 N–H and O–H groups in total. The number of rotatable bonds is 8. The van der Waals surface area contributed by atoms with Crippen molar-refractivity contribution in [2.75, 3.05) is 33.4 Å². The van der Waals surface area contributed by atoms with Gasteiger partial charge in [0.05, 0.1) is 12.7 Å². The summed E-state index contributed by atoms with van der Waals surface area (Å²) in [7, 11) is 2.08. The van der Waals surface area contributed by atoms with Gasteiger partial charge in [-0.1, -0.05) is 18.2 Å². The Kier molecular flexibility index (Phi) is 6.67. The Morgan fingerprint density at radius 1 is 1.06 bits per heavy atom. The van der Waals surface area contributed by atoms with E-state index in [0.29, 0.717) is 12.7 Å². The van der Waals surface area contributed by atoms with Crippen LogP contribution in [0.4, 0.5) is 0 Å². The Bertz CT molecular complexity index is 288. The van der Waals surface area contributed by atoms with E-state index in [-0.39, 0.29) is 0 Å². The van der Waals surface area contributed by atoms with Crippen molar-refractivity contribution in [2.24, 2.45) is 0 Å². The van der Waals surface area contributed by atoms with E-state index in [1.54, 1.807) is 0 Å². The summed E-state index contributed by atoms with van der Waals surface area (Å²) in [4.78, 5) is 2.21. The molecule has 1 aromatic carbocycles. The summed E-state index contributed by atoms with van der Waals surface area (Å²) in [5.41, 5.74) is 0. The van der Waals surface area contributed by atoms with E-state index in [1.807, 2.05) is 30.3 Å². The summed E-state index contributed by atoms with van der Waals surface area (Å²) in [6, 6.07) is 9.90. The Balaban J connectivity index is 2.06. The number of hydrogen-bond donors (Lipinski definition) is 0. The zero-order chi connectivity index (χ0) is 12.5. The molecule has 0 saturated heterocycles. The van der Waals surface area contributed by atoms with E-state index in [1.165, 1.54) is 0 Å². The minimum absolute atomic E-state index is 0.309. The SMILES string of the molecule is CC(C)OCCN(C)CCOc1ccccc1. The molecule has 0 spiro atoms. The minimum Gasteiger partial charge on any atom is -0.492 e. The lowest BCUT2D eigenvalue weighted by Gasteiger charge is -2.17. The molecule has 0 fully saturated rings. The van der Waals surface area contributed by atoms with Crippen LogP contribution in [-0.4, -0.2) is 44.4 Å². The maximum atomic E-state index is 5.62. The maximum Gasteiger partial charge on any atom is 0.119 e. The van der Waals surface area contributed by atoms with Crippen LogP contribution in [-0.2, 0) is 4.74 Å². The van der Waals surface area contributed by atoms with Gasteiger partial charge < -0.3 is 14.4 Å². The highest BCUT2D eigenvalue weighted by Gasteiger charge is 2.00. The summed E-state index contributed by atoms with van der Waals surface area (Å²) < 4.78 is 11.1. The van der Waals surface area contributed by atoms with Crippen molar-refractivity contribution in [1.82, 2.24) is 4.90 Å². The average molecular weight is 237 g/mol. The Morgan fingerprint density at radius 3 is 2.35 bits per heavy atom. The molecule has 0 amide bonds. The second kappa shape index (κ2) is 8.09. The molecule has 1 aromatic rings. The Morgan fingerprint density at radius 2 is 1.71 bits per heavy atom. The molecule has 0 aromatic heterocycles. The zero-order valence-electron chi connectivity index (χ0n) is 11.1. The molecule has 0 radical (unpaired) electrons. The normalized spacial score (nSPS) is 11.1. The second-order valence-corrected chi connectivity index (χ2v) is 4.38. The summed E-state index contributed by atoms with van der Waals surface area (Å²) >= 11 is 0. The standard InChI is InChI=1S/C14H23NO2/c1-13(2)16-11-9-15(3)10-12-17-14-7-5-4-6-8-14/h4-8,13H,9-12H2,1-3H3. The van der Waals surface area contributed by atoms with Gasteiger partial charge in [-0.2, -0.15) is 0 Å². The average Bonchev–Trinajstić information content (AvgIpc) is 2.30. The molecule has 0 saturated carbocycles. The van der Waals surface area contributed by atoms with Gasteiger partial charge in [0.25, 0.3) is 0 Å². The van der Waals surface area contributed by atoms with Crippen molar-refractivity contribution < 1.29 is 9.47 Å². The lowest BCUT2D eigenvalue weighted by molar-refractivity contribution is 0.0616. The number of ether oxygens (including phenoxy) is 2. The largest absolute Gasteiger partial charge is 0.492 e. The predicted octanol–water partition coefficient (Wildman–Crippen LogP) is 2.42. The van der Waals surface area contributed by atoms with Crippen LogP contribution in [0.2, 0.25) is 0 Å². The fourth-order valence-electron chi connectivity index (χ4n) is 1.39. The smallest absolute Gasteiger partial charge is 0.119 e. The number of para-hydroxylation sites is 1. The molecule has 1 rings (SSSR count). The monoisotopic (exact) mass is 237 g/mol. The number of likely N-dealkylation sites (N-methyl/N-ethyl adjacent to an activating group) is 1. The predicted molar refractivity (Wildman–Crippen MR) is 70.5 cm³/mol. The van der Waals surface area contributed by atoms with Crippen LogP contribution in [0.1, 0.15) is 13.8 Å². The minimum atomic E-state index is 0.309. The highest BCUT2D eigenvalue weighted by molar-refractivity contribution is 5.20. The molecule has 0 atom stereocenters. The molecular weight excluding hydrogens is 214 g/mol. The summed E-state index contributed by atoms with van der Waals surface area (Å²) in [6.07, 6.45) is 0.309. The molecule has 3 nitrogen and oxygen atoms in total. The van der Waals surface area contributed by atoms with Gasteiger partial charge in [-0.15, -0.1) is 0 Å². The Labute approximate surface area is 104 Å². The van der Waals surface area contributed by atoms with Crippen molar-refractivity contribution in [3.63, 3.8) is 0 Å². The van der Waals surface area contributed by atoms with Gasteiger partial charge in [0.15, 0.2) is 0 Å². The molecule has 0 aliphatic heterocycles. The molecule has 3 heteroatoms. The van der Waals surface area contributed by atoms with Crippen molar-refractivity contribution in [3.8, 4) is 5.75 Å². The van der Waals surface area contributed by atoms with Crippen molar-refractivity contribution in [2.45, 2.75) is 20.0 Å². The first-order chi connectivity index (χ1) is 8.18. The first-order valence-electron chi connectivity index (χ1n) is 6.16. The quantitative estimate of drug-likeness (QED) is 0.693. The number of benzene rings is 1. The summed E-state index contributed by atoms with van der Waals surface area (Å²) in [6.45, 7) is 7.45. The van der Waals surface area contributed by atoms with Crippen LogP contribution in [0.25, 0.3) is 0 Å². The summed E-state index contributed by atoms with van der Waals surface area (Å²) in [5, 5.41) is 0. The molecule has 0 aliphatic carbocycles. The van der Waals surface area contributed by atoms with Gasteiger partial charge in [0, 0.05) is 13.1 Å². The lowest BCUT2D eigenvalue weighted by Crippen LogP contribution is -2.28. The topological polar surface area (TPSA) is 21.7 Å². The lowest BCUT2D eigenvalue weighted by atomic mass is 10.3. The van der Waals surface area contributed by atoms with Crippen LogP contribution < -0.4 is 4.74 Å². The molecule has 0 unspecified atom stereocenters. The van der Waals surface area contributed by atoms with Gasteiger partial charge in [-0.3, -0.25) is 0 Å². The third-order valence-electron chi connectivity index (χ3n) is 2.41. The number of nitrogens with zero attached hydrogens (tertiary/aromatic N) is 1. The fourth-order valence-corrected chi connectivity index (χ4v) is 1.39. The van der Waals surface area contributed by atoms with Gasteiger partial charge in [0.1, 0.15) is 12.4 Å². The van der Waals surface area contributed by atoms with Crippen LogP contribution in [0.15, 0.2) is 30.3 Å². The maximum absolute atomic E-state index is 5.62. The van der Waals surface area contributed by atoms with Gasteiger partial charge >= 0.3 is 0 Å². The van der Waals surface area contributed by atoms with Crippen molar-refractivity contribution in [3.05, 3.63) is 30.3 Å². The van der Waals surface area contributed by atoms with Crippen LogP contribution >= 0.6 is 0 Å². The first-order valence-corrected chi connectivity index (χ1v) is 6.16. The number of hydrogen-bond acceptors (Lipinski definition) is 3. The van der Waals surface area contributed by atoms with Crippen molar-refractivity contribution >= 4 is 0 Å². The highest BCUT2D eigenvalue weighted by atomic mass is 16.5. The van der Waals surface area contributed by atoms with E-state index < -0.39 is 0 Å². The van der Waals surface area contributed by atoms with Crippen LogP contribution in [0.5, 0.6) is 5.75 Å². The van der Waals surface area contributed by atoms with E-state index in [4.69, 9.17) is 9.47 Å². The Hall–Kier alpha value is -1.06. The van der Waals surface area contributed by atoms with Gasteiger partial charge in [-0.25, -0.2) is 0 Å². The second-order valence-electron chi connectivity index (χ2n) is 4.38. The van der Waals surface area contributed by atoms with Crippen LogP contribution in [0.3, 0.4) is 0 Å². The van der Waals surface area contributed by atoms with Crippen LogP contribution in [0, 0.1) is 0 Å². The molecule has 0 aliphatic rings.